The molecule has 0 aromatic heterocycles. The smallest absolute Gasteiger partial charge is 0.332 e. The normalized spacial score (nSPS) is 21.9. The Morgan fingerprint density at radius 3 is 2.71 bits per heavy atom. The van der Waals surface area contributed by atoms with E-state index in [1.807, 2.05) is 30.3 Å². The molecule has 1 saturated carbocycles. The Labute approximate surface area is 98.3 Å². The Balaban J connectivity index is 1.79. The minimum absolute atomic E-state index is 0.105. The Hall–Kier alpha value is -1.88. The minimum atomic E-state index is -1.11. The van der Waals surface area contributed by atoms with Crippen molar-refractivity contribution in [1.29, 1.82) is 0 Å². The maximum Gasteiger partial charge on any atom is 0.332 e. The quantitative estimate of drug-likeness (QED) is 0.744. The predicted octanol–water partition coefficient (Wildman–Crippen LogP) is 0.922. The molecule has 5 heteroatoms. The summed E-state index contributed by atoms with van der Waals surface area (Å²) in [4.78, 5) is 26.3. The lowest BCUT2D eigenvalue weighted by Crippen LogP contribution is -2.28. The highest BCUT2D eigenvalue weighted by Gasteiger charge is 2.44. The highest BCUT2D eigenvalue weighted by atomic mass is 16.7. The Kier molecular flexibility index (Phi) is 3.39. The van der Waals surface area contributed by atoms with Crippen LogP contribution in [0.25, 0.3) is 0 Å². The zero-order chi connectivity index (χ0) is 12.3. The van der Waals surface area contributed by atoms with E-state index in [1.165, 1.54) is 0 Å². The lowest BCUT2D eigenvalue weighted by molar-refractivity contribution is -0.149. The van der Waals surface area contributed by atoms with Gasteiger partial charge in [-0.2, -0.15) is 0 Å². The van der Waals surface area contributed by atoms with Crippen LogP contribution in [0, 0.1) is 5.92 Å². The summed E-state index contributed by atoms with van der Waals surface area (Å²) < 4.78 is 0. The van der Waals surface area contributed by atoms with Crippen LogP contribution in [0.4, 0.5) is 0 Å². The fourth-order valence-electron chi connectivity index (χ4n) is 1.80. The third-order valence-electron chi connectivity index (χ3n) is 2.72. The molecule has 2 atom stereocenters. The van der Waals surface area contributed by atoms with Crippen molar-refractivity contribution in [1.82, 2.24) is 5.48 Å². The molecular formula is C12H13NO4. The second kappa shape index (κ2) is 4.97. The van der Waals surface area contributed by atoms with Crippen molar-refractivity contribution in [2.75, 3.05) is 6.61 Å². The number of hydroxylamine groups is 1. The van der Waals surface area contributed by atoms with Gasteiger partial charge in [0.25, 0.3) is 0 Å². The Morgan fingerprint density at radius 2 is 2.06 bits per heavy atom. The summed E-state index contributed by atoms with van der Waals surface area (Å²) in [5, 5.41) is 8.33. The zero-order valence-corrected chi connectivity index (χ0v) is 9.13. The molecule has 0 saturated heterocycles. The van der Waals surface area contributed by atoms with Gasteiger partial charge in [-0.05, 0) is 17.9 Å². The van der Waals surface area contributed by atoms with E-state index in [4.69, 9.17) is 5.11 Å². The van der Waals surface area contributed by atoms with Gasteiger partial charge in [0.15, 0.2) is 6.61 Å². The van der Waals surface area contributed by atoms with E-state index in [2.05, 4.69) is 10.3 Å². The van der Waals surface area contributed by atoms with Gasteiger partial charge in [0.05, 0.1) is 0 Å². The number of carbonyl (C=O) groups is 2. The molecule has 90 valence electrons. The molecule has 0 spiro atoms. The van der Waals surface area contributed by atoms with Crippen molar-refractivity contribution >= 4 is 11.9 Å². The molecule has 1 aromatic rings. The van der Waals surface area contributed by atoms with Crippen LogP contribution in [0.5, 0.6) is 0 Å². The van der Waals surface area contributed by atoms with E-state index in [9.17, 15) is 9.59 Å². The molecule has 5 nitrogen and oxygen atoms in total. The summed E-state index contributed by atoms with van der Waals surface area (Å²) in [6.45, 7) is -0.519. The number of hydrogen-bond acceptors (Lipinski definition) is 3. The molecule has 2 N–H and O–H groups in total. The van der Waals surface area contributed by atoms with E-state index < -0.39 is 12.6 Å². The number of carboxylic acids is 1. The fourth-order valence-corrected chi connectivity index (χ4v) is 1.80. The first-order valence-corrected chi connectivity index (χ1v) is 5.37. The molecule has 1 fully saturated rings. The van der Waals surface area contributed by atoms with Crippen LogP contribution >= 0.6 is 0 Å². The van der Waals surface area contributed by atoms with Gasteiger partial charge in [-0.1, -0.05) is 30.3 Å². The van der Waals surface area contributed by atoms with Gasteiger partial charge in [0.2, 0.25) is 5.91 Å². The van der Waals surface area contributed by atoms with E-state index in [1.54, 1.807) is 0 Å². The van der Waals surface area contributed by atoms with Gasteiger partial charge in [0, 0.05) is 5.92 Å². The SMILES string of the molecule is O=C(O)CONC(=O)C1CC1c1ccccc1. The molecule has 0 radical (unpaired) electrons. The lowest BCUT2D eigenvalue weighted by atomic mass is 10.1. The summed E-state index contributed by atoms with van der Waals surface area (Å²) in [5.41, 5.74) is 3.29. The molecule has 17 heavy (non-hydrogen) atoms. The second-order valence-corrected chi connectivity index (χ2v) is 4.01. The van der Waals surface area contributed by atoms with Crippen molar-refractivity contribution in [3.8, 4) is 0 Å². The summed E-state index contributed by atoms with van der Waals surface area (Å²) in [6, 6.07) is 9.76. The van der Waals surface area contributed by atoms with E-state index >= 15 is 0 Å². The molecular weight excluding hydrogens is 222 g/mol. The first-order valence-electron chi connectivity index (χ1n) is 5.37. The number of aliphatic carboxylic acids is 1. The van der Waals surface area contributed by atoms with Crippen molar-refractivity contribution < 1.29 is 19.5 Å². The Morgan fingerprint density at radius 1 is 1.35 bits per heavy atom. The third-order valence-corrected chi connectivity index (χ3v) is 2.72. The highest BCUT2D eigenvalue weighted by Crippen LogP contribution is 2.47. The number of carbonyl (C=O) groups excluding carboxylic acids is 1. The summed E-state index contributed by atoms with van der Waals surface area (Å²) >= 11 is 0. The third kappa shape index (κ3) is 3.04. The van der Waals surface area contributed by atoms with Crippen LogP contribution in [-0.4, -0.2) is 23.6 Å². The predicted molar refractivity (Wildman–Crippen MR) is 59.0 cm³/mol. The van der Waals surface area contributed by atoms with Crippen LogP contribution in [0.1, 0.15) is 17.9 Å². The molecule has 0 heterocycles. The second-order valence-electron chi connectivity index (χ2n) is 4.01. The first-order chi connectivity index (χ1) is 8.18. The largest absolute Gasteiger partial charge is 0.479 e. The average Bonchev–Trinajstić information content (AvgIpc) is 3.09. The van der Waals surface area contributed by atoms with E-state index in [0.717, 1.165) is 12.0 Å². The topological polar surface area (TPSA) is 75.6 Å². The van der Waals surface area contributed by atoms with Crippen LogP contribution in [-0.2, 0) is 14.4 Å². The number of hydrogen-bond donors (Lipinski definition) is 2. The molecule has 1 amide bonds. The molecule has 1 aliphatic rings. The number of nitrogens with one attached hydrogen (secondary N) is 1. The molecule has 1 aromatic carbocycles. The van der Waals surface area contributed by atoms with Gasteiger partial charge in [-0.25, -0.2) is 10.3 Å². The fraction of sp³-hybridized carbons (Fsp3) is 0.333. The monoisotopic (exact) mass is 235 g/mol. The van der Waals surface area contributed by atoms with Crippen LogP contribution in [0.15, 0.2) is 30.3 Å². The molecule has 1 aliphatic carbocycles. The summed E-state index contributed by atoms with van der Waals surface area (Å²) in [7, 11) is 0. The molecule has 2 rings (SSSR count). The van der Waals surface area contributed by atoms with E-state index in [0.29, 0.717) is 0 Å². The van der Waals surface area contributed by atoms with Crippen molar-refractivity contribution in [2.24, 2.45) is 5.92 Å². The molecule has 0 bridgehead atoms. The van der Waals surface area contributed by atoms with Crippen molar-refractivity contribution in [3.63, 3.8) is 0 Å². The Bertz CT molecular complexity index is 418. The maximum atomic E-state index is 11.5. The molecule has 2 unspecified atom stereocenters. The van der Waals surface area contributed by atoms with Gasteiger partial charge < -0.3 is 5.11 Å². The number of benzene rings is 1. The van der Waals surface area contributed by atoms with Crippen LogP contribution < -0.4 is 5.48 Å². The van der Waals surface area contributed by atoms with Crippen molar-refractivity contribution in [2.45, 2.75) is 12.3 Å². The molecule has 0 aliphatic heterocycles. The highest BCUT2D eigenvalue weighted by molar-refractivity contribution is 5.82. The standard InChI is InChI=1S/C12H13NO4/c14-11(15)7-17-13-12(16)10-6-9(10)8-4-2-1-3-5-8/h1-5,9-10H,6-7H2,(H,13,16)(H,14,15). The van der Waals surface area contributed by atoms with Crippen LogP contribution in [0.2, 0.25) is 0 Å². The van der Waals surface area contributed by atoms with Crippen molar-refractivity contribution in [3.05, 3.63) is 35.9 Å². The zero-order valence-electron chi connectivity index (χ0n) is 9.13. The van der Waals surface area contributed by atoms with Crippen LogP contribution in [0.3, 0.4) is 0 Å². The summed E-state index contributed by atoms with van der Waals surface area (Å²) in [6.07, 6.45) is 0.784. The lowest BCUT2D eigenvalue weighted by Gasteiger charge is -2.03. The van der Waals surface area contributed by atoms with Gasteiger partial charge in [-0.15, -0.1) is 0 Å². The van der Waals surface area contributed by atoms with E-state index in [-0.39, 0.29) is 17.7 Å². The minimum Gasteiger partial charge on any atom is -0.479 e. The maximum absolute atomic E-state index is 11.5. The first kappa shape index (κ1) is 11.6. The summed E-state index contributed by atoms with van der Waals surface area (Å²) in [5.74, 6) is -1.24. The number of rotatable bonds is 5. The van der Waals surface area contributed by atoms with Gasteiger partial charge in [0.1, 0.15) is 0 Å². The number of amides is 1. The average molecular weight is 235 g/mol. The van der Waals surface area contributed by atoms with Gasteiger partial charge >= 0.3 is 5.97 Å². The number of carboxylic acid groups (broad SMARTS) is 1. The van der Waals surface area contributed by atoms with Gasteiger partial charge in [-0.3, -0.25) is 9.63 Å².